The van der Waals surface area contributed by atoms with Gasteiger partial charge in [-0.1, -0.05) is 11.6 Å². The smallest absolute Gasteiger partial charge is 0.219 e. The van der Waals surface area contributed by atoms with Crippen LogP contribution in [-0.2, 0) is 11.3 Å². The van der Waals surface area contributed by atoms with Gasteiger partial charge in [0.15, 0.2) is 5.96 Å². The Morgan fingerprint density at radius 1 is 1.45 bits per heavy atom. The van der Waals surface area contributed by atoms with E-state index in [0.717, 1.165) is 36.2 Å². The van der Waals surface area contributed by atoms with Crippen molar-refractivity contribution < 1.29 is 4.79 Å². The molecule has 1 aromatic rings. The molecule has 0 bridgehead atoms. The number of likely N-dealkylation sites (tertiary alicyclic amines) is 1. The molecule has 1 amide bonds. The average molecular weight is 457 g/mol. The van der Waals surface area contributed by atoms with Crippen molar-refractivity contribution in [2.75, 3.05) is 20.1 Å². The van der Waals surface area contributed by atoms with Crippen LogP contribution >= 0.6 is 46.9 Å². The van der Waals surface area contributed by atoms with E-state index >= 15 is 0 Å². The van der Waals surface area contributed by atoms with Gasteiger partial charge in [-0.05, 0) is 25.0 Å². The van der Waals surface area contributed by atoms with Gasteiger partial charge in [0.1, 0.15) is 0 Å². The molecule has 0 radical (unpaired) electrons. The molecule has 2 heterocycles. The van der Waals surface area contributed by atoms with E-state index in [2.05, 4.69) is 15.6 Å². The Labute approximate surface area is 157 Å². The maximum atomic E-state index is 11.3. The summed E-state index contributed by atoms with van der Waals surface area (Å²) in [6.07, 6.45) is 1.90. The molecule has 0 aromatic carbocycles. The summed E-state index contributed by atoms with van der Waals surface area (Å²) in [5.41, 5.74) is 0. The van der Waals surface area contributed by atoms with Crippen molar-refractivity contribution in [1.29, 1.82) is 0 Å². The van der Waals surface area contributed by atoms with E-state index in [9.17, 15) is 4.79 Å². The standard InChI is InChI=1S/C14H21ClN4OS.HI/c1-10(20)19-7-5-11(6-8-19)18-14(16-2)17-9-12-3-4-13(15)21-12;/h3-4,11H,5-9H2,1-2H3,(H2,16,17,18);1H. The third kappa shape index (κ3) is 5.92. The van der Waals surface area contributed by atoms with Crippen LogP contribution in [0.3, 0.4) is 0 Å². The normalized spacial score (nSPS) is 16.1. The minimum absolute atomic E-state index is 0. The minimum atomic E-state index is 0. The summed E-state index contributed by atoms with van der Waals surface area (Å²) in [5, 5.41) is 6.71. The fraction of sp³-hybridized carbons (Fsp3) is 0.571. The summed E-state index contributed by atoms with van der Waals surface area (Å²) in [4.78, 5) is 18.6. The minimum Gasteiger partial charge on any atom is -0.354 e. The summed E-state index contributed by atoms with van der Waals surface area (Å²) < 4.78 is 0.798. The number of nitrogens with one attached hydrogen (secondary N) is 2. The number of thiophene rings is 1. The van der Waals surface area contributed by atoms with Gasteiger partial charge in [0.25, 0.3) is 0 Å². The lowest BCUT2D eigenvalue weighted by atomic mass is 10.1. The lowest BCUT2D eigenvalue weighted by Gasteiger charge is -2.32. The first-order valence-electron chi connectivity index (χ1n) is 7.05. The molecule has 1 aliphatic rings. The number of aliphatic imine (C=N–C) groups is 1. The molecule has 0 unspecified atom stereocenters. The van der Waals surface area contributed by atoms with Crippen LogP contribution < -0.4 is 10.6 Å². The number of carbonyl (C=O) groups excluding carboxylic acids is 1. The maximum Gasteiger partial charge on any atom is 0.219 e. The maximum absolute atomic E-state index is 11.3. The zero-order valence-electron chi connectivity index (χ0n) is 12.8. The second-order valence-electron chi connectivity index (χ2n) is 5.06. The molecule has 8 heteroatoms. The number of piperidine rings is 1. The van der Waals surface area contributed by atoms with Gasteiger partial charge in [0, 0.05) is 38.0 Å². The highest BCUT2D eigenvalue weighted by Gasteiger charge is 2.21. The first kappa shape index (κ1) is 19.5. The van der Waals surface area contributed by atoms with Crippen LogP contribution in [0.5, 0.6) is 0 Å². The van der Waals surface area contributed by atoms with Crippen LogP contribution in [0.15, 0.2) is 17.1 Å². The van der Waals surface area contributed by atoms with Gasteiger partial charge < -0.3 is 15.5 Å². The van der Waals surface area contributed by atoms with Crippen LogP contribution in [-0.4, -0.2) is 42.9 Å². The zero-order valence-corrected chi connectivity index (χ0v) is 16.7. The Morgan fingerprint density at radius 2 is 2.14 bits per heavy atom. The molecule has 22 heavy (non-hydrogen) atoms. The number of amides is 1. The van der Waals surface area contributed by atoms with Gasteiger partial charge in [-0.15, -0.1) is 35.3 Å². The Bertz CT molecular complexity index is 515. The van der Waals surface area contributed by atoms with Crippen LogP contribution in [0.4, 0.5) is 0 Å². The summed E-state index contributed by atoms with van der Waals surface area (Å²) in [6, 6.07) is 4.27. The Balaban J connectivity index is 0.00000242. The summed E-state index contributed by atoms with van der Waals surface area (Å²) in [5.74, 6) is 0.950. The Morgan fingerprint density at radius 3 is 2.64 bits per heavy atom. The summed E-state index contributed by atoms with van der Waals surface area (Å²) >= 11 is 7.48. The number of rotatable bonds is 3. The molecule has 1 aromatic heterocycles. The number of guanidine groups is 1. The molecule has 0 spiro atoms. The van der Waals surface area contributed by atoms with Gasteiger partial charge >= 0.3 is 0 Å². The van der Waals surface area contributed by atoms with Crippen LogP contribution in [0, 0.1) is 0 Å². The van der Waals surface area contributed by atoms with Crippen LogP contribution in [0.2, 0.25) is 4.34 Å². The highest BCUT2D eigenvalue weighted by Crippen LogP contribution is 2.21. The molecule has 0 saturated carbocycles. The second kappa shape index (κ2) is 9.57. The van der Waals surface area contributed by atoms with Crippen molar-refractivity contribution in [3.8, 4) is 0 Å². The van der Waals surface area contributed by atoms with Gasteiger partial charge in [0.05, 0.1) is 10.9 Å². The van der Waals surface area contributed by atoms with Gasteiger partial charge in [-0.2, -0.15) is 0 Å². The van der Waals surface area contributed by atoms with Crippen molar-refractivity contribution in [3.63, 3.8) is 0 Å². The number of nitrogens with zero attached hydrogens (tertiary/aromatic N) is 2. The third-order valence-electron chi connectivity index (χ3n) is 3.56. The van der Waals surface area contributed by atoms with E-state index in [1.54, 1.807) is 25.3 Å². The summed E-state index contributed by atoms with van der Waals surface area (Å²) in [6.45, 7) is 3.96. The number of carbonyl (C=O) groups is 1. The van der Waals surface area contributed by atoms with E-state index in [4.69, 9.17) is 11.6 Å². The first-order valence-corrected chi connectivity index (χ1v) is 8.25. The molecule has 0 atom stereocenters. The number of hydrogen-bond acceptors (Lipinski definition) is 3. The van der Waals surface area contributed by atoms with Crippen LogP contribution in [0.1, 0.15) is 24.6 Å². The van der Waals surface area contributed by atoms with E-state index in [1.165, 1.54) is 4.88 Å². The molecular weight excluding hydrogens is 435 g/mol. The number of halogens is 2. The van der Waals surface area contributed by atoms with Gasteiger partial charge in [-0.25, -0.2) is 0 Å². The monoisotopic (exact) mass is 456 g/mol. The molecule has 0 aliphatic carbocycles. The predicted octanol–water partition coefficient (Wildman–Crippen LogP) is 2.70. The zero-order chi connectivity index (χ0) is 15.2. The topological polar surface area (TPSA) is 56.7 Å². The molecule has 1 saturated heterocycles. The van der Waals surface area contributed by atoms with E-state index in [-0.39, 0.29) is 29.9 Å². The van der Waals surface area contributed by atoms with E-state index in [1.807, 2.05) is 17.0 Å². The fourth-order valence-corrected chi connectivity index (χ4v) is 3.37. The largest absolute Gasteiger partial charge is 0.354 e. The highest BCUT2D eigenvalue weighted by atomic mass is 127. The van der Waals surface area contributed by atoms with E-state index < -0.39 is 0 Å². The Hall–Kier alpha value is -0.540. The van der Waals surface area contributed by atoms with Gasteiger partial charge in [0.2, 0.25) is 5.91 Å². The lowest BCUT2D eigenvalue weighted by molar-refractivity contribution is -0.129. The summed E-state index contributed by atoms with van der Waals surface area (Å²) in [7, 11) is 1.77. The highest BCUT2D eigenvalue weighted by molar-refractivity contribution is 14.0. The fourth-order valence-electron chi connectivity index (χ4n) is 2.34. The Kier molecular flexibility index (Phi) is 8.48. The van der Waals surface area contributed by atoms with Gasteiger partial charge in [-0.3, -0.25) is 9.79 Å². The number of hydrogen-bond donors (Lipinski definition) is 2. The van der Waals surface area contributed by atoms with Crippen molar-refractivity contribution in [3.05, 3.63) is 21.3 Å². The SMILES string of the molecule is CN=C(NCc1ccc(Cl)s1)NC1CCN(C(C)=O)CC1.I. The predicted molar refractivity (Wildman–Crippen MR) is 103 cm³/mol. The lowest BCUT2D eigenvalue weighted by Crippen LogP contribution is -2.49. The second-order valence-corrected chi connectivity index (χ2v) is 6.86. The average Bonchev–Trinajstić information content (AvgIpc) is 2.89. The molecule has 124 valence electrons. The quantitative estimate of drug-likeness (QED) is 0.418. The van der Waals surface area contributed by atoms with Crippen molar-refractivity contribution in [1.82, 2.24) is 15.5 Å². The molecular formula is C14H22ClIN4OS. The van der Waals surface area contributed by atoms with Crippen molar-refractivity contribution in [2.24, 2.45) is 4.99 Å². The van der Waals surface area contributed by atoms with E-state index in [0.29, 0.717) is 12.6 Å². The third-order valence-corrected chi connectivity index (χ3v) is 4.79. The molecule has 2 N–H and O–H groups in total. The van der Waals surface area contributed by atoms with Crippen LogP contribution in [0.25, 0.3) is 0 Å². The molecule has 2 rings (SSSR count). The van der Waals surface area contributed by atoms with Crippen molar-refractivity contribution >= 4 is 58.8 Å². The molecule has 1 aliphatic heterocycles. The molecule has 5 nitrogen and oxygen atoms in total. The molecule has 1 fully saturated rings. The first-order chi connectivity index (χ1) is 10.1. The van der Waals surface area contributed by atoms with Crippen molar-refractivity contribution in [2.45, 2.75) is 32.4 Å².